The summed E-state index contributed by atoms with van der Waals surface area (Å²) in [5.41, 5.74) is 1.85. The van der Waals surface area contributed by atoms with Gasteiger partial charge >= 0.3 is 0 Å². The zero-order valence-corrected chi connectivity index (χ0v) is 7.50. The molecule has 0 fully saturated rings. The number of aromatic nitrogens is 1. The number of aryl methyl sites for hydroxylation is 1. The Morgan fingerprint density at radius 2 is 2.33 bits per heavy atom. The number of rotatable bonds is 3. The monoisotopic (exact) mass is 163 g/mol. The van der Waals surface area contributed by atoms with Gasteiger partial charge in [0, 0.05) is 5.56 Å². The van der Waals surface area contributed by atoms with Crippen LogP contribution in [0.3, 0.4) is 0 Å². The van der Waals surface area contributed by atoms with Gasteiger partial charge in [-0.3, -0.25) is 0 Å². The number of hydrogen-bond donors (Lipinski definition) is 0. The van der Waals surface area contributed by atoms with Crippen LogP contribution >= 0.6 is 0 Å². The maximum Gasteiger partial charge on any atom is 0.141 e. The topological polar surface area (TPSA) is 26.0 Å². The predicted octanol–water partition coefficient (Wildman–Crippen LogP) is 3.05. The van der Waals surface area contributed by atoms with E-state index in [2.05, 4.69) is 24.7 Å². The van der Waals surface area contributed by atoms with Crippen LogP contribution in [0.4, 0.5) is 0 Å². The summed E-state index contributed by atoms with van der Waals surface area (Å²) in [4.78, 5) is 0. The minimum atomic E-state index is 0.817. The fraction of sp³-hybridized carbons (Fsp3) is 0.300. The van der Waals surface area contributed by atoms with Gasteiger partial charge in [0.1, 0.15) is 11.5 Å². The van der Waals surface area contributed by atoms with E-state index in [1.807, 2.05) is 13.0 Å². The van der Waals surface area contributed by atoms with Gasteiger partial charge in [0.05, 0.1) is 0 Å². The van der Waals surface area contributed by atoms with Gasteiger partial charge in [0.25, 0.3) is 0 Å². The molecule has 0 N–H and O–H groups in total. The molecular formula is C10H13NO. The summed E-state index contributed by atoms with van der Waals surface area (Å²) in [6.45, 7) is 7.64. The molecule has 0 saturated carbocycles. The highest BCUT2D eigenvalue weighted by Crippen LogP contribution is 2.16. The Kier molecular flexibility index (Phi) is 2.86. The van der Waals surface area contributed by atoms with E-state index in [1.165, 1.54) is 0 Å². The molecule has 1 aromatic heterocycles. The Labute approximate surface area is 72.6 Å². The summed E-state index contributed by atoms with van der Waals surface area (Å²) < 4.78 is 5.01. The molecule has 0 aliphatic rings. The van der Waals surface area contributed by atoms with E-state index >= 15 is 0 Å². The van der Waals surface area contributed by atoms with Crippen LogP contribution in [0.2, 0.25) is 0 Å². The van der Waals surface area contributed by atoms with E-state index in [9.17, 15) is 0 Å². The van der Waals surface area contributed by atoms with Gasteiger partial charge in [-0.25, -0.2) is 0 Å². The van der Waals surface area contributed by atoms with Crippen molar-refractivity contribution < 1.29 is 4.52 Å². The van der Waals surface area contributed by atoms with Gasteiger partial charge in [-0.05, 0) is 19.4 Å². The Morgan fingerprint density at radius 1 is 1.58 bits per heavy atom. The van der Waals surface area contributed by atoms with Crippen molar-refractivity contribution in [2.75, 3.05) is 0 Å². The normalized spacial score (nSPS) is 10.8. The third-order valence-corrected chi connectivity index (χ3v) is 1.65. The highest BCUT2D eigenvalue weighted by atomic mass is 16.5. The second-order valence-electron chi connectivity index (χ2n) is 2.55. The van der Waals surface area contributed by atoms with E-state index in [0.29, 0.717) is 0 Å². The number of allylic oxidation sites excluding steroid dienone is 1. The van der Waals surface area contributed by atoms with Crippen LogP contribution < -0.4 is 0 Å². The predicted molar refractivity (Wildman–Crippen MR) is 50.7 cm³/mol. The third-order valence-electron chi connectivity index (χ3n) is 1.65. The Hall–Kier alpha value is -1.31. The van der Waals surface area contributed by atoms with Gasteiger partial charge in [-0.2, -0.15) is 0 Å². The first-order valence-corrected chi connectivity index (χ1v) is 4.04. The molecule has 0 radical (unpaired) electrons. The van der Waals surface area contributed by atoms with E-state index in [-0.39, 0.29) is 0 Å². The first-order valence-electron chi connectivity index (χ1n) is 4.04. The van der Waals surface area contributed by atoms with Crippen LogP contribution in [-0.4, -0.2) is 5.16 Å². The molecule has 2 heteroatoms. The second-order valence-corrected chi connectivity index (χ2v) is 2.55. The van der Waals surface area contributed by atoms with Crippen LogP contribution in [0.25, 0.3) is 12.2 Å². The Bertz CT molecular complexity index is 297. The fourth-order valence-electron chi connectivity index (χ4n) is 0.982. The first kappa shape index (κ1) is 8.78. The van der Waals surface area contributed by atoms with Gasteiger partial charge in [-0.1, -0.05) is 30.8 Å². The van der Waals surface area contributed by atoms with Crippen LogP contribution in [0.1, 0.15) is 30.4 Å². The van der Waals surface area contributed by atoms with Crippen molar-refractivity contribution in [3.8, 4) is 0 Å². The second kappa shape index (κ2) is 3.90. The van der Waals surface area contributed by atoms with E-state index in [4.69, 9.17) is 4.52 Å². The average molecular weight is 163 g/mol. The van der Waals surface area contributed by atoms with Gasteiger partial charge < -0.3 is 4.52 Å². The molecule has 0 spiro atoms. The maximum absolute atomic E-state index is 5.01. The largest absolute Gasteiger partial charge is 0.360 e. The molecule has 0 unspecified atom stereocenters. The SMILES string of the molecule is C=Cc1noc(C)c1/C=C\CC. The maximum atomic E-state index is 5.01. The smallest absolute Gasteiger partial charge is 0.141 e. The number of hydrogen-bond acceptors (Lipinski definition) is 2. The highest BCUT2D eigenvalue weighted by Gasteiger charge is 2.05. The van der Waals surface area contributed by atoms with Crippen molar-refractivity contribution in [2.24, 2.45) is 0 Å². The molecule has 12 heavy (non-hydrogen) atoms. The van der Waals surface area contributed by atoms with E-state index in [0.717, 1.165) is 23.4 Å². The molecule has 1 aromatic rings. The number of nitrogens with zero attached hydrogens (tertiary/aromatic N) is 1. The van der Waals surface area contributed by atoms with Crippen molar-refractivity contribution in [3.05, 3.63) is 29.7 Å². The summed E-state index contributed by atoms with van der Waals surface area (Å²) in [7, 11) is 0. The van der Waals surface area contributed by atoms with Gasteiger partial charge in [-0.15, -0.1) is 0 Å². The zero-order chi connectivity index (χ0) is 8.97. The molecule has 0 atom stereocenters. The lowest BCUT2D eigenvalue weighted by molar-refractivity contribution is 0.396. The zero-order valence-electron chi connectivity index (χ0n) is 7.50. The van der Waals surface area contributed by atoms with Crippen molar-refractivity contribution in [2.45, 2.75) is 20.3 Å². The average Bonchev–Trinajstić information content (AvgIpc) is 2.43. The summed E-state index contributed by atoms with van der Waals surface area (Å²) >= 11 is 0. The highest BCUT2D eigenvalue weighted by molar-refractivity contribution is 5.62. The van der Waals surface area contributed by atoms with Crippen molar-refractivity contribution in [1.29, 1.82) is 0 Å². The van der Waals surface area contributed by atoms with Crippen molar-refractivity contribution in [3.63, 3.8) is 0 Å². The lowest BCUT2D eigenvalue weighted by Gasteiger charge is -1.87. The Balaban J connectivity index is 3.01. The molecule has 1 heterocycles. The van der Waals surface area contributed by atoms with Crippen LogP contribution in [0.5, 0.6) is 0 Å². The minimum Gasteiger partial charge on any atom is -0.360 e. The summed E-state index contributed by atoms with van der Waals surface area (Å²) in [5, 5.41) is 3.84. The molecular weight excluding hydrogens is 150 g/mol. The van der Waals surface area contributed by atoms with Crippen LogP contribution in [0, 0.1) is 6.92 Å². The summed E-state index contributed by atoms with van der Waals surface area (Å²) in [6, 6.07) is 0. The molecule has 0 aromatic carbocycles. The van der Waals surface area contributed by atoms with Crippen molar-refractivity contribution >= 4 is 12.2 Å². The summed E-state index contributed by atoms with van der Waals surface area (Å²) in [6.07, 6.45) is 6.81. The standard InChI is InChI=1S/C10H13NO/c1-4-6-7-9-8(3)12-11-10(9)5-2/h5-7H,2,4H2,1,3H3/b7-6-. The van der Waals surface area contributed by atoms with Gasteiger partial charge in [0.2, 0.25) is 0 Å². The molecule has 0 saturated heterocycles. The lowest BCUT2D eigenvalue weighted by atomic mass is 10.1. The van der Waals surface area contributed by atoms with E-state index in [1.54, 1.807) is 6.08 Å². The molecule has 1 rings (SSSR count). The minimum absolute atomic E-state index is 0.817. The quantitative estimate of drug-likeness (QED) is 0.684. The van der Waals surface area contributed by atoms with E-state index < -0.39 is 0 Å². The molecule has 0 aliphatic heterocycles. The Morgan fingerprint density at radius 3 is 2.92 bits per heavy atom. The van der Waals surface area contributed by atoms with Gasteiger partial charge in [0.15, 0.2) is 0 Å². The molecule has 64 valence electrons. The summed E-state index contributed by atoms with van der Waals surface area (Å²) in [5.74, 6) is 0.842. The first-order chi connectivity index (χ1) is 5.79. The molecule has 0 aliphatic carbocycles. The molecule has 0 amide bonds. The van der Waals surface area contributed by atoms with Crippen molar-refractivity contribution in [1.82, 2.24) is 5.16 Å². The third kappa shape index (κ3) is 1.64. The lowest BCUT2D eigenvalue weighted by Crippen LogP contribution is -1.76. The fourth-order valence-corrected chi connectivity index (χ4v) is 0.982. The van der Waals surface area contributed by atoms with Crippen LogP contribution in [0.15, 0.2) is 17.2 Å². The molecule has 0 bridgehead atoms. The van der Waals surface area contributed by atoms with Crippen LogP contribution in [-0.2, 0) is 0 Å². The molecule has 2 nitrogen and oxygen atoms in total.